The largest absolute Gasteiger partial charge is 0.370 e. The fourth-order valence-electron chi connectivity index (χ4n) is 2.48. The van der Waals surface area contributed by atoms with E-state index in [-0.39, 0.29) is 24.0 Å². The van der Waals surface area contributed by atoms with Crippen molar-refractivity contribution in [3.8, 4) is 0 Å². The highest BCUT2D eigenvalue weighted by Crippen LogP contribution is 2.26. The van der Waals surface area contributed by atoms with E-state index >= 15 is 0 Å². The number of nitrogens with zero attached hydrogens (tertiary/aromatic N) is 2. The zero-order chi connectivity index (χ0) is 11.9. The van der Waals surface area contributed by atoms with Gasteiger partial charge in [-0.1, -0.05) is 12.8 Å². The van der Waals surface area contributed by atoms with Crippen molar-refractivity contribution < 1.29 is 0 Å². The molecule has 1 saturated heterocycles. The van der Waals surface area contributed by atoms with Crippen LogP contribution < -0.4 is 11.1 Å². The van der Waals surface area contributed by atoms with Gasteiger partial charge in [-0.3, -0.25) is 4.99 Å². The Hall–Kier alpha value is -0.0400. The van der Waals surface area contributed by atoms with Crippen molar-refractivity contribution in [1.29, 1.82) is 0 Å². The molecule has 2 aliphatic rings. The van der Waals surface area contributed by atoms with Crippen LogP contribution in [-0.4, -0.2) is 43.6 Å². The highest BCUT2D eigenvalue weighted by Gasteiger charge is 2.16. The highest BCUT2D eigenvalue weighted by molar-refractivity contribution is 14.0. The second kappa shape index (κ2) is 8.96. The number of piperidine rings is 1. The third kappa shape index (κ3) is 5.73. The Morgan fingerprint density at radius 3 is 2.50 bits per heavy atom. The van der Waals surface area contributed by atoms with E-state index in [1.807, 2.05) is 0 Å². The predicted octanol–water partition coefficient (Wildman–Crippen LogP) is 1.79. The first-order valence-electron chi connectivity index (χ1n) is 7.11. The van der Waals surface area contributed by atoms with E-state index in [0.29, 0.717) is 5.96 Å². The van der Waals surface area contributed by atoms with Gasteiger partial charge in [-0.2, -0.15) is 0 Å². The molecule has 0 aromatic heterocycles. The van der Waals surface area contributed by atoms with Gasteiger partial charge in [0.05, 0.1) is 0 Å². The summed E-state index contributed by atoms with van der Waals surface area (Å²) in [6.45, 7) is 5.45. The van der Waals surface area contributed by atoms with Crippen molar-refractivity contribution in [3.63, 3.8) is 0 Å². The van der Waals surface area contributed by atoms with Gasteiger partial charge in [0.1, 0.15) is 0 Å². The van der Waals surface area contributed by atoms with E-state index in [2.05, 4.69) is 15.2 Å². The van der Waals surface area contributed by atoms with E-state index in [4.69, 9.17) is 5.73 Å². The van der Waals surface area contributed by atoms with Gasteiger partial charge >= 0.3 is 0 Å². The number of halogens is 1. The van der Waals surface area contributed by atoms with Crippen LogP contribution in [0.3, 0.4) is 0 Å². The summed E-state index contributed by atoms with van der Waals surface area (Å²) in [6, 6.07) is 0. The Labute approximate surface area is 128 Å². The van der Waals surface area contributed by atoms with E-state index in [1.54, 1.807) is 0 Å². The normalized spacial score (nSPS) is 22.1. The molecule has 0 unspecified atom stereocenters. The third-order valence-corrected chi connectivity index (χ3v) is 3.93. The maximum Gasteiger partial charge on any atom is 0.188 e. The molecule has 4 nitrogen and oxygen atoms in total. The summed E-state index contributed by atoms with van der Waals surface area (Å²) in [5.74, 6) is 1.44. The molecule has 2 rings (SSSR count). The minimum atomic E-state index is 0. The molecule has 0 spiro atoms. The van der Waals surface area contributed by atoms with Gasteiger partial charge in [-0.05, 0) is 44.7 Å². The lowest BCUT2D eigenvalue weighted by molar-refractivity contribution is 0.232. The van der Waals surface area contributed by atoms with Crippen LogP contribution in [-0.2, 0) is 0 Å². The van der Waals surface area contributed by atoms with Gasteiger partial charge in [0.15, 0.2) is 5.96 Å². The molecule has 106 valence electrons. The quantitative estimate of drug-likeness (QED) is 0.443. The Kier molecular flexibility index (Phi) is 7.97. The van der Waals surface area contributed by atoms with Crippen LogP contribution in [0.4, 0.5) is 0 Å². The molecule has 0 atom stereocenters. The summed E-state index contributed by atoms with van der Waals surface area (Å²) in [5, 5.41) is 3.22. The van der Waals surface area contributed by atoms with Crippen molar-refractivity contribution in [1.82, 2.24) is 10.2 Å². The minimum absolute atomic E-state index is 0. The van der Waals surface area contributed by atoms with E-state index < -0.39 is 0 Å². The summed E-state index contributed by atoms with van der Waals surface area (Å²) in [6.07, 6.45) is 8.16. The summed E-state index contributed by atoms with van der Waals surface area (Å²) in [7, 11) is 0. The summed E-state index contributed by atoms with van der Waals surface area (Å²) in [5.41, 5.74) is 5.84. The summed E-state index contributed by atoms with van der Waals surface area (Å²) >= 11 is 0. The van der Waals surface area contributed by atoms with Gasteiger partial charge in [0, 0.05) is 19.6 Å². The number of hydrogen-bond donors (Lipinski definition) is 2. The summed E-state index contributed by atoms with van der Waals surface area (Å²) < 4.78 is 0. The molecule has 0 bridgehead atoms. The number of hydrogen-bond acceptors (Lipinski definition) is 2. The SMILES string of the molecule is I.NC(=NCC1CCC1)NCCN1CCCCC1. The van der Waals surface area contributed by atoms with E-state index in [9.17, 15) is 0 Å². The Morgan fingerprint density at radius 1 is 1.17 bits per heavy atom. The lowest BCUT2D eigenvalue weighted by Crippen LogP contribution is -2.40. The molecular formula is C13H27IN4. The van der Waals surface area contributed by atoms with Gasteiger partial charge in [0.2, 0.25) is 0 Å². The van der Waals surface area contributed by atoms with Gasteiger partial charge < -0.3 is 16.0 Å². The smallest absolute Gasteiger partial charge is 0.188 e. The molecule has 0 amide bonds. The van der Waals surface area contributed by atoms with Crippen molar-refractivity contribution in [3.05, 3.63) is 0 Å². The van der Waals surface area contributed by atoms with Gasteiger partial charge in [-0.15, -0.1) is 24.0 Å². The lowest BCUT2D eigenvalue weighted by Gasteiger charge is -2.26. The number of aliphatic imine (C=N–C) groups is 1. The minimum Gasteiger partial charge on any atom is -0.370 e. The molecular weight excluding hydrogens is 339 g/mol. The Bertz CT molecular complexity index is 247. The molecule has 5 heteroatoms. The molecule has 2 fully saturated rings. The standard InChI is InChI=1S/C13H26N4.HI/c14-13(16-11-12-5-4-6-12)15-7-10-17-8-2-1-3-9-17;/h12H,1-11H2,(H3,14,15,16);1H. The van der Waals surface area contributed by atoms with E-state index in [1.165, 1.54) is 51.6 Å². The maximum absolute atomic E-state index is 5.84. The third-order valence-electron chi connectivity index (χ3n) is 3.93. The molecule has 1 aliphatic heterocycles. The van der Waals surface area contributed by atoms with E-state index in [0.717, 1.165) is 25.6 Å². The predicted molar refractivity (Wildman–Crippen MR) is 87.5 cm³/mol. The second-order valence-electron chi connectivity index (χ2n) is 5.35. The number of nitrogens with one attached hydrogen (secondary N) is 1. The van der Waals surface area contributed by atoms with Crippen LogP contribution in [0.5, 0.6) is 0 Å². The van der Waals surface area contributed by atoms with Crippen LogP contribution >= 0.6 is 24.0 Å². The monoisotopic (exact) mass is 366 g/mol. The molecule has 0 radical (unpaired) electrons. The molecule has 3 N–H and O–H groups in total. The second-order valence-corrected chi connectivity index (χ2v) is 5.35. The fourth-order valence-corrected chi connectivity index (χ4v) is 2.48. The topological polar surface area (TPSA) is 53.6 Å². The fraction of sp³-hybridized carbons (Fsp3) is 0.923. The molecule has 1 heterocycles. The molecule has 1 aliphatic carbocycles. The van der Waals surface area contributed by atoms with Crippen molar-refractivity contribution in [2.75, 3.05) is 32.7 Å². The van der Waals surface area contributed by atoms with Gasteiger partial charge in [0.25, 0.3) is 0 Å². The average Bonchev–Trinajstić information content (AvgIpc) is 2.28. The first-order valence-corrected chi connectivity index (χ1v) is 7.11. The number of nitrogens with two attached hydrogens (primary N) is 1. The number of likely N-dealkylation sites (tertiary alicyclic amines) is 1. The zero-order valence-corrected chi connectivity index (χ0v) is 13.6. The first-order chi connectivity index (χ1) is 8.34. The number of guanidine groups is 1. The molecule has 1 saturated carbocycles. The van der Waals surface area contributed by atoms with Crippen molar-refractivity contribution >= 4 is 29.9 Å². The van der Waals surface area contributed by atoms with Crippen LogP contribution in [0, 0.1) is 5.92 Å². The van der Waals surface area contributed by atoms with Crippen LogP contribution in [0.25, 0.3) is 0 Å². The number of rotatable bonds is 5. The Balaban J connectivity index is 0.00000162. The van der Waals surface area contributed by atoms with Crippen LogP contribution in [0.1, 0.15) is 38.5 Å². The lowest BCUT2D eigenvalue weighted by atomic mass is 9.86. The van der Waals surface area contributed by atoms with Crippen LogP contribution in [0.2, 0.25) is 0 Å². The van der Waals surface area contributed by atoms with Crippen molar-refractivity contribution in [2.24, 2.45) is 16.6 Å². The highest BCUT2D eigenvalue weighted by atomic mass is 127. The summed E-state index contributed by atoms with van der Waals surface area (Å²) in [4.78, 5) is 6.90. The van der Waals surface area contributed by atoms with Crippen molar-refractivity contribution in [2.45, 2.75) is 38.5 Å². The average molecular weight is 366 g/mol. The molecule has 0 aromatic carbocycles. The molecule has 18 heavy (non-hydrogen) atoms. The zero-order valence-electron chi connectivity index (χ0n) is 11.2. The first kappa shape index (κ1) is 16.0. The molecule has 0 aromatic rings. The van der Waals surface area contributed by atoms with Gasteiger partial charge in [-0.25, -0.2) is 0 Å². The maximum atomic E-state index is 5.84. The Morgan fingerprint density at radius 2 is 1.89 bits per heavy atom. The van der Waals surface area contributed by atoms with Crippen LogP contribution in [0.15, 0.2) is 4.99 Å².